The zero-order chi connectivity index (χ0) is 16.8. The molecule has 2 N–H and O–H groups in total. The van der Waals surface area contributed by atoms with E-state index in [9.17, 15) is 10.1 Å². The number of thiocarbonyl (C=S) groups is 1. The van der Waals surface area contributed by atoms with Gasteiger partial charge in [-0.15, -0.1) is 0 Å². The second-order valence-corrected chi connectivity index (χ2v) is 5.42. The van der Waals surface area contributed by atoms with Gasteiger partial charge >= 0.3 is 0 Å². The largest absolute Gasteiger partial charge is 0.496 e. The van der Waals surface area contributed by atoms with Gasteiger partial charge in [-0.25, -0.2) is 0 Å². The van der Waals surface area contributed by atoms with Gasteiger partial charge < -0.3 is 15.4 Å². The topological polar surface area (TPSA) is 76.4 Å². The highest BCUT2D eigenvalue weighted by molar-refractivity contribution is 7.80. The summed E-state index contributed by atoms with van der Waals surface area (Å²) >= 11 is 11.0. The predicted molar refractivity (Wildman–Crippen MR) is 94.2 cm³/mol. The van der Waals surface area contributed by atoms with Crippen molar-refractivity contribution in [3.05, 3.63) is 63.2 Å². The van der Waals surface area contributed by atoms with E-state index >= 15 is 0 Å². The van der Waals surface area contributed by atoms with Crippen LogP contribution >= 0.6 is 23.8 Å². The van der Waals surface area contributed by atoms with Crippen LogP contribution in [0, 0.1) is 10.1 Å². The van der Waals surface area contributed by atoms with Crippen LogP contribution in [0.3, 0.4) is 0 Å². The van der Waals surface area contributed by atoms with Crippen molar-refractivity contribution in [1.82, 2.24) is 5.32 Å². The molecule has 8 heteroatoms. The Morgan fingerprint density at radius 1 is 1.30 bits per heavy atom. The molecule has 0 atom stereocenters. The minimum absolute atomic E-state index is 0.111. The van der Waals surface area contributed by atoms with Crippen LogP contribution in [-0.2, 0) is 6.54 Å². The van der Waals surface area contributed by atoms with Gasteiger partial charge in [0.1, 0.15) is 11.4 Å². The van der Waals surface area contributed by atoms with Crippen LogP contribution in [0.15, 0.2) is 42.5 Å². The molecule has 0 unspecified atom stereocenters. The lowest BCUT2D eigenvalue weighted by atomic mass is 10.2. The Hall–Kier alpha value is -2.38. The molecule has 2 aromatic rings. The molecule has 0 aliphatic rings. The number of nitrogens with one attached hydrogen (secondary N) is 2. The van der Waals surface area contributed by atoms with Crippen molar-refractivity contribution in [2.24, 2.45) is 0 Å². The van der Waals surface area contributed by atoms with Crippen LogP contribution < -0.4 is 15.4 Å². The Balaban J connectivity index is 2.02. The molecule has 2 rings (SSSR count). The van der Waals surface area contributed by atoms with Gasteiger partial charge in [0, 0.05) is 11.6 Å². The Bertz CT molecular complexity index is 722. The summed E-state index contributed by atoms with van der Waals surface area (Å²) in [7, 11) is 1.45. The molecule has 0 aliphatic heterocycles. The summed E-state index contributed by atoms with van der Waals surface area (Å²) in [5.74, 6) is 0.405. The van der Waals surface area contributed by atoms with Crippen molar-refractivity contribution in [3.63, 3.8) is 0 Å². The van der Waals surface area contributed by atoms with E-state index in [1.54, 1.807) is 24.3 Å². The molecule has 0 amide bonds. The normalized spacial score (nSPS) is 10.0. The van der Waals surface area contributed by atoms with Crippen LogP contribution in [0.2, 0.25) is 5.02 Å². The molecule has 23 heavy (non-hydrogen) atoms. The van der Waals surface area contributed by atoms with Gasteiger partial charge in [0.05, 0.1) is 18.1 Å². The SMILES string of the molecule is COc1ccc(NC(=S)NCc2ccc(Cl)cc2)c([N+](=O)[O-])c1. The molecular weight excluding hydrogens is 338 g/mol. The van der Waals surface area contributed by atoms with E-state index in [4.69, 9.17) is 28.6 Å². The van der Waals surface area contributed by atoms with Crippen LogP contribution in [0.4, 0.5) is 11.4 Å². The first-order valence-electron chi connectivity index (χ1n) is 6.61. The molecule has 0 saturated heterocycles. The Labute approximate surface area is 143 Å². The van der Waals surface area contributed by atoms with Crippen molar-refractivity contribution < 1.29 is 9.66 Å². The minimum Gasteiger partial charge on any atom is -0.496 e. The van der Waals surface area contributed by atoms with E-state index in [1.807, 2.05) is 12.1 Å². The van der Waals surface area contributed by atoms with E-state index < -0.39 is 4.92 Å². The Kier molecular flexibility index (Phi) is 5.72. The number of nitro groups is 1. The number of rotatable bonds is 5. The van der Waals surface area contributed by atoms with Gasteiger partial charge in [0.25, 0.3) is 5.69 Å². The van der Waals surface area contributed by atoms with Crippen molar-refractivity contribution >= 4 is 40.3 Å². The second-order valence-electron chi connectivity index (χ2n) is 4.57. The van der Waals surface area contributed by atoms with Crippen LogP contribution in [0.25, 0.3) is 0 Å². The van der Waals surface area contributed by atoms with Gasteiger partial charge in [-0.2, -0.15) is 0 Å². The number of benzene rings is 2. The zero-order valence-electron chi connectivity index (χ0n) is 12.2. The fraction of sp³-hybridized carbons (Fsp3) is 0.133. The Morgan fingerprint density at radius 3 is 2.61 bits per heavy atom. The molecular formula is C15H14ClN3O3S. The smallest absolute Gasteiger partial charge is 0.296 e. The molecule has 0 aromatic heterocycles. The highest BCUT2D eigenvalue weighted by atomic mass is 35.5. The first-order valence-corrected chi connectivity index (χ1v) is 7.40. The van der Waals surface area contributed by atoms with E-state index in [0.29, 0.717) is 23.0 Å². The monoisotopic (exact) mass is 351 g/mol. The third kappa shape index (κ3) is 4.80. The third-order valence-corrected chi connectivity index (χ3v) is 3.51. The number of hydrogen-bond donors (Lipinski definition) is 2. The average Bonchev–Trinajstić information content (AvgIpc) is 2.54. The van der Waals surface area contributed by atoms with E-state index in [1.165, 1.54) is 13.2 Å². The van der Waals surface area contributed by atoms with E-state index in [-0.39, 0.29) is 10.8 Å². The minimum atomic E-state index is -0.493. The van der Waals surface area contributed by atoms with Gasteiger partial charge in [-0.05, 0) is 42.0 Å². The highest BCUT2D eigenvalue weighted by Crippen LogP contribution is 2.28. The van der Waals surface area contributed by atoms with Crippen LogP contribution in [-0.4, -0.2) is 17.1 Å². The lowest BCUT2D eigenvalue weighted by molar-refractivity contribution is -0.384. The number of nitro benzene ring substituents is 1. The van der Waals surface area contributed by atoms with Gasteiger partial charge in [-0.1, -0.05) is 23.7 Å². The first-order chi connectivity index (χ1) is 11.0. The molecule has 0 spiro atoms. The standard InChI is InChI=1S/C15H14ClN3O3S/c1-22-12-6-7-13(14(8-12)19(20)21)18-15(23)17-9-10-2-4-11(16)5-3-10/h2-8H,9H2,1H3,(H2,17,18,23). The number of ether oxygens (including phenoxy) is 1. The molecule has 0 aliphatic carbocycles. The maximum atomic E-state index is 11.1. The number of anilines is 1. The maximum absolute atomic E-state index is 11.1. The quantitative estimate of drug-likeness (QED) is 0.485. The van der Waals surface area contributed by atoms with Gasteiger partial charge in [0.2, 0.25) is 0 Å². The van der Waals surface area contributed by atoms with Crippen molar-refractivity contribution in [3.8, 4) is 5.75 Å². The fourth-order valence-electron chi connectivity index (χ4n) is 1.85. The van der Waals surface area contributed by atoms with Crippen LogP contribution in [0.1, 0.15) is 5.56 Å². The fourth-order valence-corrected chi connectivity index (χ4v) is 2.15. The summed E-state index contributed by atoms with van der Waals surface area (Å²) in [5.41, 5.74) is 1.17. The average molecular weight is 352 g/mol. The van der Waals surface area contributed by atoms with E-state index in [2.05, 4.69) is 10.6 Å². The summed E-state index contributed by atoms with van der Waals surface area (Å²) in [6.45, 7) is 0.479. The van der Waals surface area contributed by atoms with Crippen LogP contribution in [0.5, 0.6) is 5.75 Å². The number of hydrogen-bond acceptors (Lipinski definition) is 4. The molecule has 0 saturated carbocycles. The summed E-state index contributed by atoms with van der Waals surface area (Å²) in [5, 5.41) is 17.9. The predicted octanol–water partition coefficient (Wildman–Crippen LogP) is 3.74. The van der Waals surface area contributed by atoms with Crippen molar-refractivity contribution in [2.45, 2.75) is 6.54 Å². The molecule has 0 heterocycles. The second kappa shape index (κ2) is 7.75. The van der Waals surface area contributed by atoms with Crippen molar-refractivity contribution in [2.75, 3.05) is 12.4 Å². The Morgan fingerprint density at radius 2 is 2.00 bits per heavy atom. The summed E-state index contributed by atoms with van der Waals surface area (Å²) in [4.78, 5) is 10.6. The molecule has 120 valence electrons. The highest BCUT2D eigenvalue weighted by Gasteiger charge is 2.16. The third-order valence-electron chi connectivity index (χ3n) is 3.02. The van der Waals surface area contributed by atoms with Crippen molar-refractivity contribution in [1.29, 1.82) is 0 Å². The van der Waals surface area contributed by atoms with E-state index in [0.717, 1.165) is 5.56 Å². The summed E-state index contributed by atoms with van der Waals surface area (Å²) in [6, 6.07) is 11.8. The number of methoxy groups -OCH3 is 1. The number of halogens is 1. The first kappa shape index (κ1) is 17.0. The summed E-state index contributed by atoms with van der Waals surface area (Å²) in [6.07, 6.45) is 0. The molecule has 2 aromatic carbocycles. The summed E-state index contributed by atoms with van der Waals surface area (Å²) < 4.78 is 4.99. The van der Waals surface area contributed by atoms with Gasteiger partial charge in [0.15, 0.2) is 5.11 Å². The molecule has 0 bridgehead atoms. The molecule has 6 nitrogen and oxygen atoms in total. The maximum Gasteiger partial charge on any atom is 0.296 e. The molecule has 0 radical (unpaired) electrons. The zero-order valence-corrected chi connectivity index (χ0v) is 13.8. The lowest BCUT2D eigenvalue weighted by Gasteiger charge is -2.11. The lowest BCUT2D eigenvalue weighted by Crippen LogP contribution is -2.28. The van der Waals surface area contributed by atoms with Gasteiger partial charge in [-0.3, -0.25) is 10.1 Å². The number of nitrogens with zero attached hydrogens (tertiary/aromatic N) is 1. The molecule has 0 fully saturated rings.